The van der Waals surface area contributed by atoms with E-state index in [1.807, 2.05) is 104 Å². The lowest BCUT2D eigenvalue weighted by Gasteiger charge is -2.50. The van der Waals surface area contributed by atoms with Crippen molar-refractivity contribution in [3.05, 3.63) is 144 Å². The highest BCUT2D eigenvalue weighted by atomic mass is 16.8. The largest absolute Gasteiger partial charge is 0.371 e. The molecule has 0 N–H and O–H groups in total. The van der Waals surface area contributed by atoms with Gasteiger partial charge in [-0.15, -0.1) is 0 Å². The molecular weight excluding hydrogens is 636 g/mol. The van der Waals surface area contributed by atoms with Gasteiger partial charge in [-0.25, -0.2) is 0 Å². The van der Waals surface area contributed by atoms with E-state index in [9.17, 15) is 0 Å². The van der Waals surface area contributed by atoms with E-state index >= 15 is 0 Å². The average Bonchev–Trinajstić information content (AvgIpc) is 3.17. The first-order valence-corrected chi connectivity index (χ1v) is 17.4. The van der Waals surface area contributed by atoms with Gasteiger partial charge >= 0.3 is 0 Å². The van der Waals surface area contributed by atoms with E-state index in [0.717, 1.165) is 22.3 Å². The number of rotatable bonds is 13. The standard InChI is InChI=1S/C41H46O9/c1-28-36(44-25-30-17-9-4-10-18-30)33(43-24-29-15-7-3-8-16-29)23-35(47-28)49-38-37-34(27-46-40(50-37)32-21-13-6-14-22-32)48-41(42-2)39(38)45-26-31-19-11-5-12-20-31/h3-22,28,33-41H,23-27H2,1-2H3/t28-,33-,34+,35-,36-,37+,38-,39+,40?,41-/m0/s1. The molecule has 0 aromatic heterocycles. The smallest absolute Gasteiger partial charge is 0.186 e. The quantitative estimate of drug-likeness (QED) is 0.152. The van der Waals surface area contributed by atoms with Gasteiger partial charge < -0.3 is 42.6 Å². The number of fused-ring (bicyclic) bond motifs is 1. The molecule has 0 bridgehead atoms. The van der Waals surface area contributed by atoms with E-state index in [1.54, 1.807) is 7.11 Å². The third-order valence-corrected chi connectivity index (χ3v) is 9.39. The maximum absolute atomic E-state index is 6.96. The SMILES string of the molecule is CO[C@H]1O[C@@H]2COC(c3ccccc3)O[C@H]2[C@H](O[C@H]2C[C@H](OCc3ccccc3)[C@@H](OCc3ccccc3)[C@H](C)O2)[C@H]1OCc1ccccc1. The lowest BCUT2D eigenvalue weighted by molar-refractivity contribution is -0.387. The Bertz CT molecular complexity index is 1550. The fraction of sp³-hybridized carbons (Fsp3) is 0.415. The highest BCUT2D eigenvalue weighted by Gasteiger charge is 2.53. The van der Waals surface area contributed by atoms with Gasteiger partial charge in [0.15, 0.2) is 18.9 Å². The van der Waals surface area contributed by atoms with Gasteiger partial charge in [0.1, 0.15) is 30.5 Å². The minimum absolute atomic E-state index is 0.301. The molecule has 4 aromatic rings. The van der Waals surface area contributed by atoms with E-state index in [1.165, 1.54) is 0 Å². The second kappa shape index (κ2) is 17.2. The molecule has 9 nitrogen and oxygen atoms in total. The average molecular weight is 683 g/mol. The monoisotopic (exact) mass is 682 g/mol. The molecule has 0 saturated carbocycles. The lowest BCUT2D eigenvalue weighted by atomic mass is 9.96. The zero-order chi connectivity index (χ0) is 34.1. The van der Waals surface area contributed by atoms with Crippen LogP contribution in [0.5, 0.6) is 0 Å². The normalized spacial score (nSPS) is 31.2. The lowest BCUT2D eigenvalue weighted by Crippen LogP contribution is -2.64. The van der Waals surface area contributed by atoms with Crippen molar-refractivity contribution in [2.24, 2.45) is 0 Å². The third-order valence-electron chi connectivity index (χ3n) is 9.39. The summed E-state index contributed by atoms with van der Waals surface area (Å²) in [6, 6.07) is 40.2. The van der Waals surface area contributed by atoms with Gasteiger partial charge in [0.05, 0.1) is 38.6 Å². The van der Waals surface area contributed by atoms with Crippen LogP contribution in [0.15, 0.2) is 121 Å². The van der Waals surface area contributed by atoms with Gasteiger partial charge in [-0.2, -0.15) is 0 Å². The van der Waals surface area contributed by atoms with Crippen molar-refractivity contribution in [1.82, 2.24) is 0 Å². The van der Waals surface area contributed by atoms with Crippen LogP contribution in [0.1, 0.15) is 41.9 Å². The first-order chi connectivity index (χ1) is 24.6. The molecule has 1 unspecified atom stereocenters. The molecule has 3 saturated heterocycles. The molecular formula is C41H46O9. The van der Waals surface area contributed by atoms with Crippen LogP contribution < -0.4 is 0 Å². The molecule has 0 aliphatic carbocycles. The van der Waals surface area contributed by atoms with Crippen LogP contribution in [0, 0.1) is 0 Å². The van der Waals surface area contributed by atoms with Gasteiger partial charge in [0, 0.05) is 19.1 Å². The fourth-order valence-corrected chi connectivity index (χ4v) is 6.82. The van der Waals surface area contributed by atoms with Crippen molar-refractivity contribution in [3.8, 4) is 0 Å². The Morgan fingerprint density at radius 2 is 1.14 bits per heavy atom. The van der Waals surface area contributed by atoms with Crippen molar-refractivity contribution in [1.29, 1.82) is 0 Å². The van der Waals surface area contributed by atoms with Crippen molar-refractivity contribution in [2.75, 3.05) is 13.7 Å². The predicted molar refractivity (Wildman–Crippen MR) is 185 cm³/mol. The number of ether oxygens (including phenoxy) is 9. The highest BCUT2D eigenvalue weighted by molar-refractivity contribution is 5.18. The summed E-state index contributed by atoms with van der Waals surface area (Å²) in [6.45, 7) is 3.53. The summed E-state index contributed by atoms with van der Waals surface area (Å²) in [6.07, 6.45) is -4.72. The molecule has 264 valence electrons. The summed E-state index contributed by atoms with van der Waals surface area (Å²) in [7, 11) is 1.61. The topological polar surface area (TPSA) is 83.1 Å². The number of hydrogen-bond donors (Lipinski definition) is 0. The maximum atomic E-state index is 6.96. The fourth-order valence-electron chi connectivity index (χ4n) is 6.82. The zero-order valence-electron chi connectivity index (χ0n) is 28.5. The van der Waals surface area contributed by atoms with Crippen LogP contribution in [0.4, 0.5) is 0 Å². The van der Waals surface area contributed by atoms with Gasteiger partial charge in [-0.3, -0.25) is 0 Å². The van der Waals surface area contributed by atoms with E-state index in [4.69, 9.17) is 42.6 Å². The summed E-state index contributed by atoms with van der Waals surface area (Å²) in [5.41, 5.74) is 4.10. The predicted octanol–water partition coefficient (Wildman–Crippen LogP) is 6.75. The minimum Gasteiger partial charge on any atom is -0.371 e. The van der Waals surface area contributed by atoms with Crippen molar-refractivity contribution < 1.29 is 42.6 Å². The molecule has 3 aliphatic rings. The van der Waals surface area contributed by atoms with Gasteiger partial charge in [0.25, 0.3) is 0 Å². The van der Waals surface area contributed by atoms with Crippen LogP contribution in [0.3, 0.4) is 0 Å². The molecule has 3 aliphatic heterocycles. The Morgan fingerprint density at radius 1 is 0.600 bits per heavy atom. The highest BCUT2D eigenvalue weighted by Crippen LogP contribution is 2.39. The molecule has 50 heavy (non-hydrogen) atoms. The molecule has 9 heteroatoms. The van der Waals surface area contributed by atoms with E-state index in [-0.39, 0.29) is 18.3 Å². The van der Waals surface area contributed by atoms with Crippen LogP contribution in [0.2, 0.25) is 0 Å². The van der Waals surface area contributed by atoms with Gasteiger partial charge in [0.2, 0.25) is 0 Å². The Morgan fingerprint density at radius 3 is 1.72 bits per heavy atom. The molecule has 10 atom stereocenters. The molecule has 7 rings (SSSR count). The molecule has 3 heterocycles. The maximum Gasteiger partial charge on any atom is 0.186 e. The summed E-state index contributed by atoms with van der Waals surface area (Å²) in [5.74, 6) is 0. The summed E-state index contributed by atoms with van der Waals surface area (Å²) >= 11 is 0. The molecule has 3 fully saturated rings. The van der Waals surface area contributed by atoms with E-state index in [2.05, 4.69) is 24.3 Å². The Balaban J connectivity index is 1.13. The first-order valence-electron chi connectivity index (χ1n) is 17.4. The summed E-state index contributed by atoms with van der Waals surface area (Å²) < 4.78 is 58.3. The third kappa shape index (κ3) is 8.69. The van der Waals surface area contributed by atoms with Crippen molar-refractivity contribution in [3.63, 3.8) is 0 Å². The molecule has 0 spiro atoms. The zero-order valence-corrected chi connectivity index (χ0v) is 28.5. The Hall–Kier alpha value is -3.48. The summed E-state index contributed by atoms with van der Waals surface area (Å²) in [4.78, 5) is 0. The van der Waals surface area contributed by atoms with Gasteiger partial charge in [-0.1, -0.05) is 121 Å². The van der Waals surface area contributed by atoms with Crippen molar-refractivity contribution in [2.45, 2.75) is 94.8 Å². The number of benzene rings is 4. The molecule has 4 aromatic carbocycles. The second-order valence-corrected chi connectivity index (χ2v) is 12.9. The summed E-state index contributed by atoms with van der Waals surface area (Å²) in [5, 5.41) is 0. The van der Waals surface area contributed by atoms with Crippen LogP contribution in [0.25, 0.3) is 0 Å². The second-order valence-electron chi connectivity index (χ2n) is 12.9. The number of hydrogen-bond acceptors (Lipinski definition) is 9. The minimum atomic E-state index is -0.724. The van der Waals surface area contributed by atoms with Crippen LogP contribution >= 0.6 is 0 Å². The van der Waals surface area contributed by atoms with Crippen LogP contribution in [-0.2, 0) is 62.5 Å². The van der Waals surface area contributed by atoms with E-state index < -0.39 is 43.3 Å². The Labute approximate surface area is 294 Å². The van der Waals surface area contributed by atoms with Gasteiger partial charge in [-0.05, 0) is 23.6 Å². The van der Waals surface area contributed by atoms with Crippen LogP contribution in [-0.4, -0.2) is 69.0 Å². The molecule has 0 radical (unpaired) electrons. The first kappa shape index (κ1) is 34.9. The molecule has 0 amide bonds. The Kier molecular flexibility index (Phi) is 12.0. The van der Waals surface area contributed by atoms with E-state index in [0.29, 0.717) is 32.8 Å². The number of methoxy groups -OCH3 is 1. The van der Waals surface area contributed by atoms with Crippen molar-refractivity contribution >= 4 is 0 Å².